The number of sulfone groups is 1. The summed E-state index contributed by atoms with van der Waals surface area (Å²) in [4.78, 5) is 11.3. The molecule has 0 bridgehead atoms. The maximum atomic E-state index is 12.3. The van der Waals surface area contributed by atoms with Gasteiger partial charge in [-0.05, 0) is 6.42 Å². The van der Waals surface area contributed by atoms with Gasteiger partial charge in [-0.15, -0.1) is 0 Å². The average molecular weight is 270 g/mol. The van der Waals surface area contributed by atoms with E-state index in [4.69, 9.17) is 0 Å². The summed E-state index contributed by atoms with van der Waals surface area (Å²) in [7, 11) is -3.25. The quantitative estimate of drug-likeness (QED) is 0.689. The van der Waals surface area contributed by atoms with Crippen molar-refractivity contribution in [2.45, 2.75) is 25.1 Å². The molecule has 1 fully saturated rings. The predicted octanol–water partition coefficient (Wildman–Crippen LogP) is 0.324. The highest BCUT2D eigenvalue weighted by Gasteiger charge is 2.45. The second kappa shape index (κ2) is 3.69. The van der Waals surface area contributed by atoms with Crippen LogP contribution in [0.4, 0.5) is 13.2 Å². The summed E-state index contributed by atoms with van der Waals surface area (Å²) in [5.74, 6) is -1.22. The molecule has 2 rings (SSSR count). The second-order valence-corrected chi connectivity index (χ2v) is 6.25. The maximum absolute atomic E-state index is 12.3. The van der Waals surface area contributed by atoms with Gasteiger partial charge in [0.25, 0.3) is 0 Å². The molecule has 9 heteroatoms. The van der Waals surface area contributed by atoms with Crippen molar-refractivity contribution in [2.24, 2.45) is 5.10 Å². The number of alkyl halides is 3. The smallest absolute Gasteiger partial charge is 0.273 e. The van der Waals surface area contributed by atoms with Gasteiger partial charge in [-0.1, -0.05) is 0 Å². The van der Waals surface area contributed by atoms with Gasteiger partial charge in [0.2, 0.25) is 5.91 Å². The van der Waals surface area contributed by atoms with E-state index in [1.54, 1.807) is 0 Å². The van der Waals surface area contributed by atoms with Gasteiger partial charge >= 0.3 is 6.18 Å². The molecule has 0 aromatic rings. The molecule has 1 amide bonds. The van der Waals surface area contributed by atoms with Gasteiger partial charge < -0.3 is 0 Å². The van der Waals surface area contributed by atoms with Gasteiger partial charge in [-0.2, -0.15) is 18.3 Å². The number of nitrogens with zero attached hydrogens (tertiary/aromatic N) is 2. The van der Waals surface area contributed by atoms with E-state index in [0.717, 1.165) is 0 Å². The number of hydrogen-bond donors (Lipinski definition) is 0. The molecule has 0 spiro atoms. The van der Waals surface area contributed by atoms with Crippen molar-refractivity contribution < 1.29 is 26.4 Å². The fraction of sp³-hybridized carbons (Fsp3) is 0.750. The highest BCUT2D eigenvalue weighted by atomic mass is 32.2. The summed E-state index contributed by atoms with van der Waals surface area (Å²) >= 11 is 0. The van der Waals surface area contributed by atoms with E-state index < -0.39 is 40.1 Å². The minimum Gasteiger partial charge on any atom is -0.273 e. The molecule has 0 aromatic heterocycles. The third kappa shape index (κ3) is 2.43. The van der Waals surface area contributed by atoms with Crippen molar-refractivity contribution in [1.82, 2.24) is 5.01 Å². The Morgan fingerprint density at radius 1 is 1.35 bits per heavy atom. The second-order valence-electron chi connectivity index (χ2n) is 4.02. The Bertz CT molecular complexity index is 483. The molecular weight excluding hydrogens is 261 g/mol. The minimum absolute atomic E-state index is 0.113. The first-order chi connectivity index (χ1) is 7.69. The summed E-state index contributed by atoms with van der Waals surface area (Å²) < 4.78 is 59.3. The third-order valence-corrected chi connectivity index (χ3v) is 4.43. The van der Waals surface area contributed by atoms with Crippen LogP contribution in [-0.2, 0) is 14.6 Å². The van der Waals surface area contributed by atoms with Crippen molar-refractivity contribution in [2.75, 3.05) is 11.5 Å². The first-order valence-corrected chi connectivity index (χ1v) is 6.68. The van der Waals surface area contributed by atoms with E-state index in [1.165, 1.54) is 0 Å². The first-order valence-electron chi connectivity index (χ1n) is 4.86. The molecule has 0 radical (unpaired) electrons. The van der Waals surface area contributed by atoms with Gasteiger partial charge in [0.05, 0.1) is 24.0 Å². The summed E-state index contributed by atoms with van der Waals surface area (Å²) in [5, 5.41) is 3.87. The van der Waals surface area contributed by atoms with Gasteiger partial charge in [0.1, 0.15) is 0 Å². The monoisotopic (exact) mass is 270 g/mol. The van der Waals surface area contributed by atoms with Crippen molar-refractivity contribution in [1.29, 1.82) is 0 Å². The lowest BCUT2D eigenvalue weighted by molar-refractivity contribution is -0.130. The molecule has 2 aliphatic rings. The van der Waals surface area contributed by atoms with E-state index in [0.29, 0.717) is 5.01 Å². The lowest BCUT2D eigenvalue weighted by Crippen LogP contribution is -2.33. The number of carbonyl (C=O) groups excluding carboxylic acids is 1. The molecule has 17 heavy (non-hydrogen) atoms. The van der Waals surface area contributed by atoms with Crippen LogP contribution in [0.3, 0.4) is 0 Å². The molecule has 1 unspecified atom stereocenters. The van der Waals surface area contributed by atoms with E-state index in [-0.39, 0.29) is 17.9 Å². The van der Waals surface area contributed by atoms with Crippen LogP contribution in [0.15, 0.2) is 5.10 Å². The van der Waals surface area contributed by atoms with Crippen LogP contribution >= 0.6 is 0 Å². The Balaban J connectivity index is 2.18. The van der Waals surface area contributed by atoms with Crippen LogP contribution in [0.25, 0.3) is 0 Å². The molecule has 0 saturated carbocycles. The van der Waals surface area contributed by atoms with E-state index >= 15 is 0 Å². The fourth-order valence-corrected chi connectivity index (χ4v) is 3.55. The van der Waals surface area contributed by atoms with Gasteiger partial charge in [-0.3, -0.25) is 4.79 Å². The summed E-state index contributed by atoms with van der Waals surface area (Å²) in [6.07, 6.45) is -5.30. The summed E-state index contributed by atoms with van der Waals surface area (Å²) in [6, 6.07) is -0.757. The highest BCUT2D eigenvalue weighted by molar-refractivity contribution is 7.91. The SMILES string of the molecule is O=C1CC(C(F)(F)F)=NN1C1CCS(=O)(=O)C1. The zero-order chi connectivity index (χ0) is 12.8. The predicted molar refractivity (Wildman–Crippen MR) is 52.0 cm³/mol. The molecular formula is C8H9F3N2O3S. The van der Waals surface area contributed by atoms with Crippen LogP contribution in [0.2, 0.25) is 0 Å². The molecule has 1 atom stereocenters. The summed E-state index contributed by atoms with van der Waals surface area (Å²) in [6.45, 7) is 0. The van der Waals surface area contributed by atoms with Crippen molar-refractivity contribution >= 4 is 21.5 Å². The lowest BCUT2D eigenvalue weighted by Gasteiger charge is -2.17. The van der Waals surface area contributed by atoms with E-state index in [1.807, 2.05) is 0 Å². The minimum atomic E-state index is -4.64. The maximum Gasteiger partial charge on any atom is 0.431 e. The summed E-state index contributed by atoms with van der Waals surface area (Å²) in [5.41, 5.74) is -1.16. The molecule has 2 heterocycles. The molecule has 96 valence electrons. The fourth-order valence-electron chi connectivity index (χ4n) is 1.86. The van der Waals surface area contributed by atoms with Crippen molar-refractivity contribution in [3.05, 3.63) is 0 Å². The van der Waals surface area contributed by atoms with Crippen LogP contribution in [0, 0.1) is 0 Å². The topological polar surface area (TPSA) is 66.8 Å². The number of amides is 1. The van der Waals surface area contributed by atoms with Crippen LogP contribution in [-0.4, -0.2) is 48.8 Å². The Kier molecular flexibility index (Phi) is 2.68. The molecule has 1 saturated heterocycles. The average Bonchev–Trinajstić information content (AvgIpc) is 2.68. The number of hydrogen-bond acceptors (Lipinski definition) is 4. The Morgan fingerprint density at radius 2 is 2.00 bits per heavy atom. The van der Waals surface area contributed by atoms with Crippen LogP contribution in [0.1, 0.15) is 12.8 Å². The van der Waals surface area contributed by atoms with Crippen LogP contribution in [0.5, 0.6) is 0 Å². The highest BCUT2D eigenvalue weighted by Crippen LogP contribution is 2.28. The zero-order valence-electron chi connectivity index (χ0n) is 8.57. The number of carbonyl (C=O) groups is 1. The Morgan fingerprint density at radius 3 is 2.41 bits per heavy atom. The van der Waals surface area contributed by atoms with E-state index in [9.17, 15) is 26.4 Å². The lowest BCUT2D eigenvalue weighted by atomic mass is 10.2. The number of hydrazone groups is 1. The van der Waals surface area contributed by atoms with Gasteiger partial charge in [-0.25, -0.2) is 13.4 Å². The van der Waals surface area contributed by atoms with E-state index in [2.05, 4.69) is 5.10 Å². The third-order valence-electron chi connectivity index (χ3n) is 2.68. The van der Waals surface area contributed by atoms with Crippen LogP contribution < -0.4 is 0 Å². The Labute approximate surface area is 95.2 Å². The number of rotatable bonds is 1. The standard InChI is InChI=1S/C8H9F3N2O3S/c9-8(10,11)6-3-7(14)13(12-6)5-1-2-17(15,16)4-5/h5H,1-4H2. The Hall–Kier alpha value is -1.12. The van der Waals surface area contributed by atoms with Crippen molar-refractivity contribution in [3.63, 3.8) is 0 Å². The zero-order valence-corrected chi connectivity index (χ0v) is 9.38. The largest absolute Gasteiger partial charge is 0.431 e. The molecule has 2 aliphatic heterocycles. The first kappa shape index (κ1) is 12.3. The number of halogens is 3. The molecule has 5 nitrogen and oxygen atoms in total. The van der Waals surface area contributed by atoms with Crippen molar-refractivity contribution in [3.8, 4) is 0 Å². The van der Waals surface area contributed by atoms with Gasteiger partial charge in [0.15, 0.2) is 15.5 Å². The normalized spacial score (nSPS) is 28.6. The van der Waals surface area contributed by atoms with Gasteiger partial charge in [0, 0.05) is 0 Å². The molecule has 0 aromatic carbocycles. The molecule has 0 aliphatic carbocycles. The molecule has 0 N–H and O–H groups in total.